The molecule has 1 fully saturated rings. The first-order valence-electron chi connectivity index (χ1n) is 8.67. The van der Waals surface area contributed by atoms with E-state index >= 15 is 0 Å². The molecule has 2 heterocycles. The van der Waals surface area contributed by atoms with E-state index in [1.165, 1.54) is 0 Å². The summed E-state index contributed by atoms with van der Waals surface area (Å²) in [5, 5.41) is 2.96. The standard InChI is InChI=1S/C20H21N3O3/c1-22-9-10-23(20(22)25)14-5-8-16-17(12-19(24)21-18(16)11-14)13-3-6-15(26-2)7-4-13/h3-8,11,17H,9-10,12H2,1-2H3,(H,21,24). The zero-order valence-corrected chi connectivity index (χ0v) is 14.9. The number of benzene rings is 2. The van der Waals surface area contributed by atoms with Crippen molar-refractivity contribution < 1.29 is 14.3 Å². The molecule has 4 rings (SSSR count). The molecule has 134 valence electrons. The van der Waals surface area contributed by atoms with Crippen molar-refractivity contribution in [3.8, 4) is 5.75 Å². The highest BCUT2D eigenvalue weighted by molar-refractivity contribution is 5.98. The smallest absolute Gasteiger partial charge is 0.324 e. The highest BCUT2D eigenvalue weighted by atomic mass is 16.5. The van der Waals surface area contributed by atoms with Gasteiger partial charge >= 0.3 is 6.03 Å². The van der Waals surface area contributed by atoms with Crippen LogP contribution < -0.4 is 15.0 Å². The summed E-state index contributed by atoms with van der Waals surface area (Å²) in [5.74, 6) is 0.775. The first-order valence-corrected chi connectivity index (χ1v) is 8.67. The van der Waals surface area contributed by atoms with Gasteiger partial charge in [-0.3, -0.25) is 9.69 Å². The lowest BCUT2D eigenvalue weighted by Gasteiger charge is -2.27. The fourth-order valence-corrected chi connectivity index (χ4v) is 3.64. The third kappa shape index (κ3) is 2.77. The quantitative estimate of drug-likeness (QED) is 0.924. The topological polar surface area (TPSA) is 61.9 Å². The number of methoxy groups -OCH3 is 1. The number of nitrogens with one attached hydrogen (secondary N) is 1. The van der Waals surface area contributed by atoms with E-state index in [0.29, 0.717) is 19.5 Å². The minimum Gasteiger partial charge on any atom is -0.497 e. The van der Waals surface area contributed by atoms with Crippen LogP contribution in [0, 0.1) is 0 Å². The normalized spacial score (nSPS) is 19.4. The minimum absolute atomic E-state index is 0.00402. The second-order valence-electron chi connectivity index (χ2n) is 6.71. The summed E-state index contributed by atoms with van der Waals surface area (Å²) in [6.07, 6.45) is 0.407. The fourth-order valence-electron chi connectivity index (χ4n) is 3.64. The first kappa shape index (κ1) is 16.4. The molecule has 0 spiro atoms. The van der Waals surface area contributed by atoms with Crippen LogP contribution in [0.3, 0.4) is 0 Å². The first-order chi connectivity index (χ1) is 12.6. The number of fused-ring (bicyclic) bond motifs is 1. The number of urea groups is 1. The van der Waals surface area contributed by atoms with Crippen LogP contribution in [0.1, 0.15) is 23.5 Å². The van der Waals surface area contributed by atoms with Gasteiger partial charge in [0, 0.05) is 43.9 Å². The van der Waals surface area contributed by atoms with Gasteiger partial charge in [-0.15, -0.1) is 0 Å². The molecule has 1 N–H and O–H groups in total. The molecule has 0 bridgehead atoms. The molecule has 0 aliphatic carbocycles. The fraction of sp³-hybridized carbons (Fsp3) is 0.300. The molecule has 1 saturated heterocycles. The molecule has 0 aromatic heterocycles. The summed E-state index contributed by atoms with van der Waals surface area (Å²) in [7, 11) is 3.43. The molecule has 6 nitrogen and oxygen atoms in total. The van der Waals surface area contributed by atoms with Gasteiger partial charge in [0.25, 0.3) is 0 Å². The molecule has 2 aromatic carbocycles. The summed E-state index contributed by atoms with van der Waals surface area (Å²) in [6, 6.07) is 13.7. The number of ether oxygens (including phenoxy) is 1. The van der Waals surface area contributed by atoms with Crippen molar-refractivity contribution in [2.24, 2.45) is 0 Å². The monoisotopic (exact) mass is 351 g/mol. The van der Waals surface area contributed by atoms with E-state index in [9.17, 15) is 9.59 Å². The van der Waals surface area contributed by atoms with Crippen molar-refractivity contribution in [3.05, 3.63) is 53.6 Å². The molecule has 1 atom stereocenters. The molecule has 1 unspecified atom stereocenters. The number of nitrogens with zero attached hydrogens (tertiary/aromatic N) is 2. The Kier molecular flexibility index (Phi) is 4.03. The number of hydrogen-bond acceptors (Lipinski definition) is 3. The Morgan fingerprint density at radius 2 is 1.85 bits per heavy atom. The van der Waals surface area contributed by atoms with Crippen molar-refractivity contribution in [1.82, 2.24) is 4.90 Å². The second kappa shape index (κ2) is 6.37. The summed E-state index contributed by atoms with van der Waals surface area (Å²) in [4.78, 5) is 27.9. The van der Waals surface area contributed by atoms with Crippen molar-refractivity contribution in [1.29, 1.82) is 0 Å². The zero-order valence-electron chi connectivity index (χ0n) is 14.9. The Morgan fingerprint density at radius 1 is 1.08 bits per heavy atom. The third-order valence-electron chi connectivity index (χ3n) is 5.12. The lowest BCUT2D eigenvalue weighted by Crippen LogP contribution is -2.30. The second-order valence-corrected chi connectivity index (χ2v) is 6.71. The molecule has 2 aromatic rings. The average Bonchev–Trinajstić information content (AvgIpc) is 2.99. The van der Waals surface area contributed by atoms with Gasteiger partial charge in [0.05, 0.1) is 7.11 Å². The maximum atomic E-state index is 12.3. The number of carbonyl (C=O) groups is 2. The number of amides is 3. The molecule has 0 radical (unpaired) electrons. The Hall–Kier alpha value is -3.02. The van der Waals surface area contributed by atoms with E-state index in [1.807, 2.05) is 42.5 Å². The molecule has 26 heavy (non-hydrogen) atoms. The van der Waals surface area contributed by atoms with Crippen molar-refractivity contribution in [2.45, 2.75) is 12.3 Å². The van der Waals surface area contributed by atoms with Crippen molar-refractivity contribution >= 4 is 23.3 Å². The maximum Gasteiger partial charge on any atom is 0.324 e. The van der Waals surface area contributed by atoms with Gasteiger partial charge in [-0.2, -0.15) is 0 Å². The van der Waals surface area contributed by atoms with E-state index in [1.54, 1.807) is 24.0 Å². The zero-order chi connectivity index (χ0) is 18.3. The molecule has 6 heteroatoms. The Morgan fingerprint density at radius 3 is 2.50 bits per heavy atom. The largest absolute Gasteiger partial charge is 0.497 e. The Labute approximate surface area is 152 Å². The number of carbonyl (C=O) groups excluding carboxylic acids is 2. The van der Waals surface area contributed by atoms with Gasteiger partial charge < -0.3 is 15.0 Å². The SMILES string of the molecule is COc1ccc(C2CC(=O)Nc3cc(N4CCN(C)C4=O)ccc32)cc1. The Balaban J connectivity index is 1.69. The highest BCUT2D eigenvalue weighted by Crippen LogP contribution is 2.39. The van der Waals surface area contributed by atoms with Gasteiger partial charge in [-0.05, 0) is 35.4 Å². The number of likely N-dealkylation sites (N-methyl/N-ethyl adjacent to an activating group) is 1. The van der Waals surface area contributed by atoms with E-state index in [4.69, 9.17) is 4.74 Å². The summed E-state index contributed by atoms with van der Waals surface area (Å²) in [6.45, 7) is 1.36. The van der Waals surface area contributed by atoms with Crippen molar-refractivity contribution in [2.75, 3.05) is 37.5 Å². The van der Waals surface area contributed by atoms with E-state index in [0.717, 1.165) is 28.3 Å². The predicted octanol–water partition coefficient (Wildman–Crippen LogP) is 3.04. The molecule has 2 aliphatic heterocycles. The molecule has 2 aliphatic rings. The van der Waals surface area contributed by atoms with Gasteiger partial charge in [-0.1, -0.05) is 18.2 Å². The van der Waals surface area contributed by atoms with Gasteiger partial charge in [0.2, 0.25) is 5.91 Å². The van der Waals surface area contributed by atoms with Crippen LogP contribution in [0.25, 0.3) is 0 Å². The van der Waals surface area contributed by atoms with Crippen LogP contribution in [0.15, 0.2) is 42.5 Å². The van der Waals surface area contributed by atoms with E-state index < -0.39 is 0 Å². The maximum absolute atomic E-state index is 12.3. The van der Waals surface area contributed by atoms with Crippen LogP contribution >= 0.6 is 0 Å². The van der Waals surface area contributed by atoms with Gasteiger partial charge in [0.15, 0.2) is 0 Å². The summed E-state index contributed by atoms with van der Waals surface area (Å²) >= 11 is 0. The average molecular weight is 351 g/mol. The van der Waals surface area contributed by atoms with Crippen LogP contribution in [-0.4, -0.2) is 44.1 Å². The third-order valence-corrected chi connectivity index (χ3v) is 5.12. The molecule has 3 amide bonds. The number of hydrogen-bond donors (Lipinski definition) is 1. The summed E-state index contributed by atoms with van der Waals surface area (Å²) < 4.78 is 5.22. The molecular weight excluding hydrogens is 330 g/mol. The van der Waals surface area contributed by atoms with Crippen LogP contribution in [0.5, 0.6) is 5.75 Å². The van der Waals surface area contributed by atoms with Crippen LogP contribution in [-0.2, 0) is 4.79 Å². The highest BCUT2D eigenvalue weighted by Gasteiger charge is 2.30. The van der Waals surface area contributed by atoms with E-state index in [-0.39, 0.29) is 17.9 Å². The molecular formula is C20H21N3O3. The summed E-state index contributed by atoms with van der Waals surface area (Å²) in [5.41, 5.74) is 3.74. The van der Waals surface area contributed by atoms with Crippen molar-refractivity contribution in [3.63, 3.8) is 0 Å². The Bertz CT molecular complexity index is 863. The van der Waals surface area contributed by atoms with Gasteiger partial charge in [0.1, 0.15) is 5.75 Å². The van der Waals surface area contributed by atoms with Crippen LogP contribution in [0.2, 0.25) is 0 Å². The lowest BCUT2D eigenvalue weighted by molar-refractivity contribution is -0.116. The van der Waals surface area contributed by atoms with E-state index in [2.05, 4.69) is 5.32 Å². The van der Waals surface area contributed by atoms with Gasteiger partial charge in [-0.25, -0.2) is 4.79 Å². The van der Waals surface area contributed by atoms with Crippen LogP contribution in [0.4, 0.5) is 16.2 Å². The predicted molar refractivity (Wildman–Crippen MR) is 99.9 cm³/mol. The molecule has 0 saturated carbocycles. The minimum atomic E-state index is -0.0150. The lowest BCUT2D eigenvalue weighted by atomic mass is 9.84. The number of anilines is 2. The number of rotatable bonds is 3.